The van der Waals surface area contributed by atoms with Gasteiger partial charge in [-0.25, -0.2) is 9.59 Å². The molecule has 2 heterocycles. The molecular weight excluding hydrogens is 380 g/mol. The third-order valence-corrected chi connectivity index (χ3v) is 7.25. The fraction of sp³-hybridized carbons (Fsp3) is 0.333. The fourth-order valence-electron chi connectivity index (χ4n) is 3.27. The lowest BCUT2D eigenvalue weighted by Gasteiger charge is -2.22. The highest BCUT2D eigenvalue weighted by atomic mass is 32.2. The van der Waals surface area contributed by atoms with Crippen LogP contribution in [0.15, 0.2) is 46.2 Å². The van der Waals surface area contributed by atoms with E-state index in [4.69, 9.17) is 10.2 Å². The van der Waals surface area contributed by atoms with E-state index in [9.17, 15) is 9.59 Å². The second-order valence-electron chi connectivity index (χ2n) is 6.62. The first-order chi connectivity index (χ1) is 13.0. The molecule has 1 atom stereocenters. The first-order valence-corrected chi connectivity index (χ1v) is 10.8. The molecule has 2 aliphatic heterocycles. The Hall–Kier alpha value is -1.92. The molecule has 2 aromatic carbocycles. The fourth-order valence-corrected chi connectivity index (χ4v) is 5.67. The summed E-state index contributed by atoms with van der Waals surface area (Å²) in [5.74, 6) is -0.591. The normalized spacial score (nSPS) is 17.7. The zero-order valence-electron chi connectivity index (χ0n) is 15.1. The molecule has 4 rings (SSSR count). The van der Waals surface area contributed by atoms with Crippen molar-refractivity contribution in [3.63, 3.8) is 0 Å². The maximum absolute atomic E-state index is 11.0. The van der Waals surface area contributed by atoms with Crippen molar-refractivity contribution in [1.82, 2.24) is 0 Å². The van der Waals surface area contributed by atoms with Crippen LogP contribution in [0.1, 0.15) is 51.6 Å². The number of rotatable bonds is 2. The maximum atomic E-state index is 11.0. The van der Waals surface area contributed by atoms with Gasteiger partial charge in [-0.2, -0.15) is 0 Å². The van der Waals surface area contributed by atoms with Crippen LogP contribution in [0.2, 0.25) is 0 Å². The Morgan fingerprint density at radius 2 is 1.52 bits per heavy atom. The van der Waals surface area contributed by atoms with Crippen LogP contribution in [-0.4, -0.2) is 33.2 Å². The Morgan fingerprint density at radius 1 is 0.926 bits per heavy atom. The highest BCUT2D eigenvalue weighted by Crippen LogP contribution is 2.37. The smallest absolute Gasteiger partial charge is 0.336 e. The molecule has 0 saturated carbocycles. The van der Waals surface area contributed by atoms with E-state index < -0.39 is 11.9 Å². The molecule has 0 saturated heterocycles. The summed E-state index contributed by atoms with van der Waals surface area (Å²) >= 11 is 3.35. The number of thioether (sulfide) groups is 2. The van der Waals surface area contributed by atoms with E-state index >= 15 is 0 Å². The molecule has 27 heavy (non-hydrogen) atoms. The van der Waals surface area contributed by atoms with E-state index in [1.165, 1.54) is 11.1 Å². The van der Waals surface area contributed by atoms with Gasteiger partial charge in [0.05, 0.1) is 11.1 Å². The molecule has 1 unspecified atom stereocenters. The van der Waals surface area contributed by atoms with E-state index in [1.807, 2.05) is 24.3 Å². The molecule has 0 bridgehead atoms. The number of benzene rings is 2. The van der Waals surface area contributed by atoms with Crippen LogP contribution in [-0.2, 0) is 12.8 Å². The van der Waals surface area contributed by atoms with Crippen molar-refractivity contribution in [3.8, 4) is 0 Å². The third-order valence-electron chi connectivity index (χ3n) is 4.63. The van der Waals surface area contributed by atoms with E-state index in [0.717, 1.165) is 41.2 Å². The first kappa shape index (κ1) is 19.8. The van der Waals surface area contributed by atoms with Crippen LogP contribution >= 0.6 is 23.5 Å². The van der Waals surface area contributed by atoms with Gasteiger partial charge in [-0.1, -0.05) is 31.2 Å². The highest BCUT2D eigenvalue weighted by Gasteiger charge is 2.21. The van der Waals surface area contributed by atoms with E-state index in [0.29, 0.717) is 16.4 Å². The lowest BCUT2D eigenvalue weighted by atomic mass is 10.0. The average Bonchev–Trinajstić information content (AvgIpc) is 2.67. The van der Waals surface area contributed by atoms with Crippen molar-refractivity contribution in [1.29, 1.82) is 0 Å². The standard InChI is InChI=1S/C11H12O2S.C10H10O2S/c1-7-5-6-8-3-2-4-9(11(12)13)10(8)14-7;11-10(12)8-5-1-3-7-4-2-6-13-9(7)8/h2-4,7H,5-6H2,1H3,(H,12,13);1,3,5H,2,4,6H2,(H,11,12). The third kappa shape index (κ3) is 4.68. The van der Waals surface area contributed by atoms with Crippen LogP contribution in [0, 0.1) is 0 Å². The SMILES string of the molecule is CC1CCc2cccc(C(=O)O)c2S1.O=C(O)c1cccc2c1SCCC2. The predicted octanol–water partition coefficient (Wildman–Crippen LogP) is 5.23. The summed E-state index contributed by atoms with van der Waals surface area (Å²) in [4.78, 5) is 23.8. The van der Waals surface area contributed by atoms with E-state index in [2.05, 4.69) is 6.92 Å². The van der Waals surface area contributed by atoms with Gasteiger partial charge >= 0.3 is 11.9 Å². The molecule has 0 fully saturated rings. The number of carboxylic acid groups (broad SMARTS) is 2. The second kappa shape index (κ2) is 8.85. The van der Waals surface area contributed by atoms with Crippen LogP contribution in [0.4, 0.5) is 0 Å². The Balaban J connectivity index is 0.000000156. The molecule has 2 N–H and O–H groups in total. The molecule has 0 aromatic heterocycles. The summed E-state index contributed by atoms with van der Waals surface area (Å²) in [6.07, 6.45) is 4.32. The molecule has 0 aliphatic carbocycles. The number of aromatic carboxylic acids is 2. The van der Waals surface area contributed by atoms with Crippen molar-refractivity contribution in [2.24, 2.45) is 0 Å². The largest absolute Gasteiger partial charge is 0.478 e. The van der Waals surface area contributed by atoms with Crippen molar-refractivity contribution in [2.45, 2.75) is 47.6 Å². The van der Waals surface area contributed by atoms with E-state index in [-0.39, 0.29) is 0 Å². The maximum Gasteiger partial charge on any atom is 0.336 e. The monoisotopic (exact) mass is 402 g/mol. The van der Waals surface area contributed by atoms with Gasteiger partial charge in [-0.15, -0.1) is 23.5 Å². The number of aryl methyl sites for hydroxylation is 2. The zero-order valence-corrected chi connectivity index (χ0v) is 16.7. The van der Waals surface area contributed by atoms with E-state index in [1.54, 1.807) is 35.7 Å². The summed E-state index contributed by atoms with van der Waals surface area (Å²) in [6, 6.07) is 11.1. The van der Waals surface area contributed by atoms with Gasteiger partial charge in [-0.3, -0.25) is 0 Å². The van der Waals surface area contributed by atoms with Crippen molar-refractivity contribution < 1.29 is 19.8 Å². The quantitative estimate of drug-likeness (QED) is 0.716. The van der Waals surface area contributed by atoms with Gasteiger partial charge in [-0.05, 0) is 54.7 Å². The number of carboxylic acids is 2. The van der Waals surface area contributed by atoms with Gasteiger partial charge < -0.3 is 10.2 Å². The number of hydrogen-bond acceptors (Lipinski definition) is 4. The van der Waals surface area contributed by atoms with Crippen molar-refractivity contribution in [3.05, 3.63) is 58.7 Å². The Labute approximate surface area is 167 Å². The van der Waals surface area contributed by atoms with Gasteiger partial charge in [0.25, 0.3) is 0 Å². The average molecular weight is 403 g/mol. The Bertz CT molecular complexity index is 863. The molecule has 2 aliphatic rings. The van der Waals surface area contributed by atoms with Gasteiger partial charge in [0, 0.05) is 15.0 Å². The number of carbonyl (C=O) groups is 2. The minimum atomic E-state index is -0.816. The van der Waals surface area contributed by atoms with Gasteiger partial charge in [0.2, 0.25) is 0 Å². The second-order valence-corrected chi connectivity index (χ2v) is 9.17. The summed E-state index contributed by atoms with van der Waals surface area (Å²) in [7, 11) is 0. The minimum Gasteiger partial charge on any atom is -0.478 e. The van der Waals surface area contributed by atoms with Crippen molar-refractivity contribution in [2.75, 3.05) is 5.75 Å². The topological polar surface area (TPSA) is 74.6 Å². The molecule has 0 spiro atoms. The van der Waals surface area contributed by atoms with Crippen LogP contribution in [0.3, 0.4) is 0 Å². The zero-order chi connectivity index (χ0) is 19.4. The molecule has 6 heteroatoms. The highest BCUT2D eigenvalue weighted by molar-refractivity contribution is 8.00. The Kier molecular flexibility index (Phi) is 6.50. The number of hydrogen-bond donors (Lipinski definition) is 2. The summed E-state index contributed by atoms with van der Waals surface area (Å²) in [5.41, 5.74) is 3.30. The summed E-state index contributed by atoms with van der Waals surface area (Å²) < 4.78 is 0. The van der Waals surface area contributed by atoms with Crippen molar-refractivity contribution >= 4 is 35.5 Å². The molecule has 142 valence electrons. The molecule has 4 nitrogen and oxygen atoms in total. The molecular formula is C21H22O4S2. The first-order valence-electron chi connectivity index (χ1n) is 8.97. The number of fused-ring (bicyclic) bond motifs is 2. The van der Waals surface area contributed by atoms with Crippen LogP contribution in [0.25, 0.3) is 0 Å². The van der Waals surface area contributed by atoms with Gasteiger partial charge in [0.15, 0.2) is 0 Å². The molecule has 0 amide bonds. The van der Waals surface area contributed by atoms with Crippen LogP contribution < -0.4 is 0 Å². The van der Waals surface area contributed by atoms with Gasteiger partial charge in [0.1, 0.15) is 0 Å². The summed E-state index contributed by atoms with van der Waals surface area (Å²) in [5, 5.41) is 18.5. The Morgan fingerprint density at radius 3 is 2.15 bits per heavy atom. The van der Waals surface area contributed by atoms with Crippen LogP contribution in [0.5, 0.6) is 0 Å². The predicted molar refractivity (Wildman–Crippen MR) is 109 cm³/mol. The minimum absolute atomic E-state index is 0.457. The molecule has 2 aromatic rings. The summed E-state index contributed by atoms with van der Waals surface area (Å²) in [6.45, 7) is 2.15. The lowest BCUT2D eigenvalue weighted by Crippen LogP contribution is -2.11. The lowest BCUT2D eigenvalue weighted by molar-refractivity contribution is 0.0682. The molecule has 0 radical (unpaired) electrons.